The van der Waals surface area contributed by atoms with Gasteiger partial charge in [0.05, 0.1) is 11.4 Å². The molecular weight excluding hydrogens is 995 g/mol. The van der Waals surface area contributed by atoms with E-state index in [1.54, 1.807) is 20.9 Å². The Morgan fingerprint density at radius 3 is 1.32 bits per heavy atom. The molecule has 0 fully saturated rings. The lowest BCUT2D eigenvalue weighted by Crippen LogP contribution is -2.60. The lowest BCUT2D eigenvalue weighted by atomic mass is 9.36. The van der Waals surface area contributed by atoms with Crippen LogP contribution in [0.3, 0.4) is 0 Å². The van der Waals surface area contributed by atoms with Crippen molar-refractivity contribution in [2.75, 3.05) is 19.6 Å². The molecule has 2 aromatic heterocycles. The van der Waals surface area contributed by atoms with Crippen LogP contribution >= 0.6 is 22.7 Å². The lowest BCUT2D eigenvalue weighted by molar-refractivity contribution is 0.522. The summed E-state index contributed by atoms with van der Waals surface area (Å²) in [5, 5.41) is 0. The van der Waals surface area contributed by atoms with E-state index in [1.165, 1.54) is 166 Å². The van der Waals surface area contributed by atoms with Crippen LogP contribution in [0.4, 0.5) is 68.2 Å². The van der Waals surface area contributed by atoms with Crippen molar-refractivity contribution in [3.8, 4) is 0 Å². The summed E-state index contributed by atoms with van der Waals surface area (Å²) in [6, 6.07) is 67.8. The van der Waals surface area contributed by atoms with Crippen LogP contribution in [0.5, 0.6) is 0 Å². The van der Waals surface area contributed by atoms with Gasteiger partial charge in [-0.2, -0.15) is 22.7 Å². The fourth-order valence-corrected chi connectivity index (χ4v) is 17.9. The van der Waals surface area contributed by atoms with Crippen molar-refractivity contribution in [1.82, 2.24) is 0 Å². The number of hydrogen-bond donors (Lipinski definition) is 0. The Morgan fingerprint density at radius 2 is 0.810 bits per heavy atom. The predicted octanol–water partition coefficient (Wildman–Crippen LogP) is 15.2. The van der Waals surface area contributed by atoms with Gasteiger partial charge in [-0.05, 0) is 224 Å². The van der Waals surface area contributed by atoms with E-state index >= 15 is 0 Å². The molecule has 8 heteroatoms. The Balaban J connectivity index is 0.750. The molecular formula is C71H62B2N4S2. The molecule has 4 nitrogen and oxygen atoms in total. The Labute approximate surface area is 474 Å². The van der Waals surface area contributed by atoms with Gasteiger partial charge in [0, 0.05) is 76.2 Å². The highest BCUT2D eigenvalue weighted by Crippen LogP contribution is 2.51. The molecule has 0 bridgehead atoms. The number of thiophene rings is 2. The summed E-state index contributed by atoms with van der Waals surface area (Å²) < 4.78 is 3.02. The van der Waals surface area contributed by atoms with Gasteiger partial charge >= 0.3 is 0 Å². The molecule has 0 N–H and O–H groups in total. The van der Waals surface area contributed by atoms with Gasteiger partial charge in [0.1, 0.15) is 0 Å². The number of hydrogen-bond acceptors (Lipinski definition) is 6. The zero-order valence-corrected chi connectivity index (χ0v) is 47.5. The van der Waals surface area contributed by atoms with Crippen LogP contribution in [-0.4, -0.2) is 13.4 Å². The van der Waals surface area contributed by atoms with E-state index in [2.05, 4.69) is 253 Å². The van der Waals surface area contributed by atoms with E-state index < -0.39 is 0 Å². The van der Waals surface area contributed by atoms with E-state index in [9.17, 15) is 0 Å². The minimum Gasteiger partial charge on any atom is -0.311 e. The van der Waals surface area contributed by atoms with Gasteiger partial charge in [0.15, 0.2) is 0 Å². The van der Waals surface area contributed by atoms with Gasteiger partial charge in [-0.1, -0.05) is 110 Å². The molecule has 4 aliphatic heterocycles. The first-order valence-corrected chi connectivity index (χ1v) is 30.6. The maximum atomic E-state index is 2.67. The third-order valence-electron chi connectivity index (χ3n) is 18.4. The Hall–Kier alpha value is -7.51. The second kappa shape index (κ2) is 18.0. The molecule has 79 heavy (non-hydrogen) atoms. The fraction of sp³-hybridized carbons (Fsp3) is 0.211. The molecule has 10 aromatic rings. The molecule has 0 saturated heterocycles. The van der Waals surface area contributed by atoms with E-state index in [0.29, 0.717) is 0 Å². The Morgan fingerprint density at radius 1 is 0.405 bits per heavy atom. The fourth-order valence-electron chi connectivity index (χ4n) is 14.9. The van der Waals surface area contributed by atoms with Crippen molar-refractivity contribution < 1.29 is 0 Å². The Bertz CT molecular complexity index is 4100. The monoisotopic (exact) mass is 1060 g/mol. The highest BCUT2D eigenvalue weighted by Gasteiger charge is 2.48. The summed E-state index contributed by atoms with van der Waals surface area (Å²) in [6.07, 6.45) is 10.6. The lowest BCUT2D eigenvalue weighted by Gasteiger charge is -2.43. The van der Waals surface area contributed by atoms with Gasteiger partial charge < -0.3 is 19.6 Å². The van der Waals surface area contributed by atoms with E-state index in [-0.39, 0.29) is 18.8 Å². The van der Waals surface area contributed by atoms with E-state index in [0.717, 1.165) is 19.3 Å². The molecule has 0 amide bonds. The van der Waals surface area contributed by atoms with Crippen LogP contribution in [0.2, 0.25) is 0 Å². The van der Waals surface area contributed by atoms with E-state index in [4.69, 9.17) is 0 Å². The average molecular weight is 1060 g/mol. The van der Waals surface area contributed by atoms with Crippen molar-refractivity contribution in [2.45, 2.75) is 97.8 Å². The molecule has 6 aliphatic rings. The standard InChI is InChI=1S/C71H62B2N4S2/c1-44-27-33-50(34-28-44)74-57-23-13-11-21-55(57)73-66-59(74)39-46(3)42-62(66)77(68-54-20-10-16-26-64(54)79-70(68)73)52-35-29-47(30-36-52)43-71(4,5)48-31-37-51(38-32-48)75-58-24-14-12-22-56(58)72-65-60(75)40-45(2)41-61(65)76(49-17-7-6-8-18-49)67-53-19-9-15-25-63(53)78-69(67)72/h6-8,11-14,17-18,21-24,27-42H,9-10,15-16,19-20,25-26,43H2,1-5H3. The molecule has 0 atom stereocenters. The largest absolute Gasteiger partial charge is 0.311 e. The molecule has 0 radical (unpaired) electrons. The molecule has 8 aromatic carbocycles. The normalized spacial score (nSPS) is 15.4. The third-order valence-corrected chi connectivity index (χ3v) is 21.1. The number of para-hydroxylation sites is 3. The van der Waals surface area contributed by atoms with Crippen LogP contribution in [0.1, 0.15) is 88.2 Å². The first-order chi connectivity index (χ1) is 38.7. The highest BCUT2D eigenvalue weighted by atomic mass is 32.1. The van der Waals surface area contributed by atoms with Gasteiger partial charge in [-0.3, -0.25) is 0 Å². The summed E-state index contributed by atoms with van der Waals surface area (Å²) in [5.41, 5.74) is 30.8. The van der Waals surface area contributed by atoms with Crippen LogP contribution in [0.25, 0.3) is 0 Å². The molecule has 6 heterocycles. The number of aryl methyl sites for hydroxylation is 5. The number of benzene rings is 8. The Kier molecular flexibility index (Phi) is 10.8. The zero-order valence-electron chi connectivity index (χ0n) is 45.9. The third kappa shape index (κ3) is 7.25. The minimum atomic E-state index is -0.112. The maximum absolute atomic E-state index is 2.67. The number of fused-ring (bicyclic) bond motifs is 12. The summed E-state index contributed by atoms with van der Waals surface area (Å²) in [7, 11) is 0. The average Bonchev–Trinajstić information content (AvgIpc) is 3.02. The second-order valence-electron chi connectivity index (χ2n) is 24.1. The number of anilines is 12. The molecule has 384 valence electrons. The first-order valence-electron chi connectivity index (χ1n) is 28.9. The maximum Gasteiger partial charge on any atom is 0.264 e. The van der Waals surface area contributed by atoms with Crippen molar-refractivity contribution >= 4 is 136 Å². The quantitative estimate of drug-likeness (QED) is 0.147. The van der Waals surface area contributed by atoms with Crippen molar-refractivity contribution in [3.63, 3.8) is 0 Å². The molecule has 0 spiro atoms. The zero-order chi connectivity index (χ0) is 52.8. The molecule has 0 unspecified atom stereocenters. The summed E-state index contributed by atoms with van der Waals surface area (Å²) >= 11 is 4.19. The molecule has 16 rings (SSSR count). The van der Waals surface area contributed by atoms with Crippen LogP contribution < -0.4 is 51.0 Å². The minimum absolute atomic E-state index is 0.112. The van der Waals surface area contributed by atoms with Crippen LogP contribution in [-0.2, 0) is 37.5 Å². The van der Waals surface area contributed by atoms with Gasteiger partial charge in [0.25, 0.3) is 13.4 Å². The van der Waals surface area contributed by atoms with Crippen LogP contribution in [0, 0.1) is 20.8 Å². The number of rotatable bonds is 7. The van der Waals surface area contributed by atoms with Crippen LogP contribution in [0.15, 0.2) is 176 Å². The topological polar surface area (TPSA) is 13.0 Å². The SMILES string of the molecule is Cc1ccc(N2c3ccccc3B3c4sc5c(c4N(c4ccc(CC(C)(C)c6ccc(N7c8ccccc8B8c9sc%10c(c9N(c9ccccc9)c9cc(C)cc7c98)CCCC%10)cc6)cc4)c4cc(C)cc2c43)CCCC5)cc1. The number of nitrogens with zero attached hydrogens (tertiary/aromatic N) is 4. The van der Waals surface area contributed by atoms with Gasteiger partial charge in [-0.25, -0.2) is 0 Å². The predicted molar refractivity (Wildman–Crippen MR) is 341 cm³/mol. The molecule has 2 aliphatic carbocycles. The van der Waals surface area contributed by atoms with Crippen molar-refractivity contribution in [1.29, 1.82) is 0 Å². The van der Waals surface area contributed by atoms with Gasteiger partial charge in [0.2, 0.25) is 0 Å². The van der Waals surface area contributed by atoms with Crippen molar-refractivity contribution in [3.05, 3.63) is 225 Å². The summed E-state index contributed by atoms with van der Waals surface area (Å²) in [4.78, 5) is 13.6. The highest BCUT2D eigenvalue weighted by molar-refractivity contribution is 7.30. The van der Waals surface area contributed by atoms with E-state index in [1.807, 2.05) is 0 Å². The van der Waals surface area contributed by atoms with Gasteiger partial charge in [-0.15, -0.1) is 0 Å². The summed E-state index contributed by atoms with van der Waals surface area (Å²) in [6.45, 7) is 12.0. The first kappa shape index (κ1) is 47.5. The molecule has 0 saturated carbocycles. The smallest absolute Gasteiger partial charge is 0.264 e. The second-order valence-corrected chi connectivity index (χ2v) is 26.3. The summed E-state index contributed by atoms with van der Waals surface area (Å²) in [5.74, 6) is 0. The van der Waals surface area contributed by atoms with Crippen molar-refractivity contribution in [2.24, 2.45) is 0 Å².